The summed E-state index contributed by atoms with van der Waals surface area (Å²) in [6.45, 7) is 1.96. The summed E-state index contributed by atoms with van der Waals surface area (Å²) < 4.78 is 0. The highest BCUT2D eigenvalue weighted by molar-refractivity contribution is 6.52. The van der Waals surface area contributed by atoms with Crippen LogP contribution in [0.2, 0.25) is 0 Å². The van der Waals surface area contributed by atoms with Gasteiger partial charge in [-0.3, -0.25) is 19.8 Å². The molecule has 0 saturated heterocycles. The molecule has 2 amide bonds. The number of Topliss-reactive ketones (excluding diaryl/α,β-unsaturated/α-hetero) is 1. The summed E-state index contributed by atoms with van der Waals surface area (Å²) >= 11 is 0. The molecule has 0 bridgehead atoms. The Kier molecular flexibility index (Phi) is 3.12. The van der Waals surface area contributed by atoms with Gasteiger partial charge in [-0.05, 0) is 18.6 Å². The first kappa shape index (κ1) is 12.3. The fraction of sp³-hybridized carbons (Fsp3) is 0.250. The van der Waals surface area contributed by atoms with Crippen molar-refractivity contribution >= 4 is 23.3 Å². The molecule has 0 fully saturated rings. The summed E-state index contributed by atoms with van der Waals surface area (Å²) in [4.78, 5) is 36.0. The van der Waals surface area contributed by atoms with Gasteiger partial charge in [0.1, 0.15) is 0 Å². The Morgan fingerprint density at radius 3 is 2.78 bits per heavy atom. The molecule has 3 N–H and O–H groups in total. The molecule has 0 spiro atoms. The van der Waals surface area contributed by atoms with E-state index in [0.29, 0.717) is 11.3 Å². The van der Waals surface area contributed by atoms with Gasteiger partial charge >= 0.3 is 0 Å². The lowest BCUT2D eigenvalue weighted by Gasteiger charge is -2.17. The van der Waals surface area contributed by atoms with E-state index in [4.69, 9.17) is 5.84 Å². The molecule has 0 saturated carbocycles. The zero-order valence-corrected chi connectivity index (χ0v) is 9.90. The Morgan fingerprint density at radius 1 is 1.39 bits per heavy atom. The molecule has 0 radical (unpaired) electrons. The van der Waals surface area contributed by atoms with E-state index in [1.54, 1.807) is 12.1 Å². The van der Waals surface area contributed by atoms with Crippen LogP contribution < -0.4 is 16.2 Å². The van der Waals surface area contributed by atoms with Gasteiger partial charge in [0.25, 0.3) is 11.7 Å². The molecular weight excluding hydrogens is 234 g/mol. The van der Waals surface area contributed by atoms with Crippen LogP contribution in [0.3, 0.4) is 0 Å². The molecule has 2 rings (SSSR count). The van der Waals surface area contributed by atoms with E-state index in [0.717, 1.165) is 5.56 Å². The van der Waals surface area contributed by atoms with Crippen molar-refractivity contribution in [2.75, 3.05) is 11.4 Å². The Morgan fingerprint density at radius 2 is 2.11 bits per heavy atom. The number of benzene rings is 1. The number of hydrogen-bond acceptors (Lipinski definition) is 4. The molecule has 6 nitrogen and oxygen atoms in total. The number of nitrogens with one attached hydrogen (secondary N) is 1. The molecule has 0 atom stereocenters. The first-order chi connectivity index (χ1) is 8.56. The number of amides is 2. The number of aryl methyl sites for hydroxylation is 1. The molecule has 1 aromatic carbocycles. The van der Waals surface area contributed by atoms with E-state index in [1.165, 1.54) is 4.90 Å². The molecule has 0 unspecified atom stereocenters. The summed E-state index contributed by atoms with van der Waals surface area (Å²) in [6.07, 6.45) is 0.0588. The third kappa shape index (κ3) is 1.86. The van der Waals surface area contributed by atoms with Gasteiger partial charge in [0.2, 0.25) is 5.91 Å². The molecule has 0 aromatic heterocycles. The highest BCUT2D eigenvalue weighted by atomic mass is 16.2. The third-order valence-electron chi connectivity index (χ3n) is 2.92. The maximum Gasteiger partial charge on any atom is 0.299 e. The second kappa shape index (κ2) is 4.58. The standard InChI is InChI=1S/C12H13N3O3/c1-7-3-2-4-8-10(7)15(12(18)11(8)17)6-5-9(16)14-13/h2-4H,5-6,13H2,1H3,(H,14,16). The highest BCUT2D eigenvalue weighted by Crippen LogP contribution is 2.32. The second-order valence-electron chi connectivity index (χ2n) is 4.07. The SMILES string of the molecule is Cc1cccc2c1N(CCC(=O)NN)C(=O)C2=O. The lowest BCUT2D eigenvalue weighted by Crippen LogP contribution is -2.36. The molecule has 1 aromatic rings. The van der Waals surface area contributed by atoms with Gasteiger partial charge in [-0.25, -0.2) is 5.84 Å². The zero-order valence-electron chi connectivity index (χ0n) is 9.90. The Bertz CT molecular complexity index is 539. The van der Waals surface area contributed by atoms with Crippen LogP contribution in [0.25, 0.3) is 0 Å². The van der Waals surface area contributed by atoms with Crippen molar-refractivity contribution < 1.29 is 14.4 Å². The van der Waals surface area contributed by atoms with Gasteiger partial charge in [-0.1, -0.05) is 12.1 Å². The van der Waals surface area contributed by atoms with Gasteiger partial charge in [0.05, 0.1) is 11.3 Å². The number of ketones is 1. The molecule has 1 aliphatic rings. The van der Waals surface area contributed by atoms with E-state index >= 15 is 0 Å². The van der Waals surface area contributed by atoms with Gasteiger partial charge in [-0.2, -0.15) is 0 Å². The Labute approximate surface area is 104 Å². The molecular formula is C12H13N3O3. The van der Waals surface area contributed by atoms with Crippen molar-refractivity contribution in [2.24, 2.45) is 5.84 Å². The van der Waals surface area contributed by atoms with Crippen molar-refractivity contribution in [3.05, 3.63) is 29.3 Å². The van der Waals surface area contributed by atoms with Crippen LogP contribution in [0.5, 0.6) is 0 Å². The number of para-hydroxylation sites is 1. The van der Waals surface area contributed by atoms with E-state index in [9.17, 15) is 14.4 Å². The number of rotatable bonds is 3. The van der Waals surface area contributed by atoms with Crippen LogP contribution >= 0.6 is 0 Å². The van der Waals surface area contributed by atoms with Crippen molar-refractivity contribution in [1.82, 2.24) is 5.43 Å². The molecule has 1 heterocycles. The number of nitrogens with zero attached hydrogens (tertiary/aromatic N) is 1. The molecule has 6 heteroatoms. The topological polar surface area (TPSA) is 92.5 Å². The second-order valence-corrected chi connectivity index (χ2v) is 4.07. The lowest BCUT2D eigenvalue weighted by molar-refractivity contribution is -0.121. The average molecular weight is 247 g/mol. The van der Waals surface area contributed by atoms with Crippen LogP contribution in [-0.4, -0.2) is 24.1 Å². The van der Waals surface area contributed by atoms with E-state index in [-0.39, 0.29) is 18.9 Å². The lowest BCUT2D eigenvalue weighted by atomic mass is 10.1. The maximum absolute atomic E-state index is 11.8. The number of carbonyl (C=O) groups is 3. The first-order valence-corrected chi connectivity index (χ1v) is 5.51. The highest BCUT2D eigenvalue weighted by Gasteiger charge is 2.36. The maximum atomic E-state index is 11.8. The van der Waals surface area contributed by atoms with Crippen LogP contribution in [-0.2, 0) is 9.59 Å². The van der Waals surface area contributed by atoms with Crippen LogP contribution in [0.4, 0.5) is 5.69 Å². The summed E-state index contributed by atoms with van der Waals surface area (Å²) in [5.74, 6) is 3.48. The van der Waals surface area contributed by atoms with Crippen LogP contribution in [0.1, 0.15) is 22.3 Å². The quantitative estimate of drug-likeness (QED) is 0.338. The fourth-order valence-electron chi connectivity index (χ4n) is 2.04. The van der Waals surface area contributed by atoms with Gasteiger partial charge in [0.15, 0.2) is 0 Å². The average Bonchev–Trinajstić information content (AvgIpc) is 2.61. The first-order valence-electron chi connectivity index (χ1n) is 5.51. The van der Waals surface area contributed by atoms with Gasteiger partial charge < -0.3 is 4.90 Å². The normalized spacial score (nSPS) is 13.8. The zero-order chi connectivity index (χ0) is 13.3. The number of carbonyl (C=O) groups excluding carboxylic acids is 3. The summed E-state index contributed by atoms with van der Waals surface area (Å²) in [5.41, 5.74) is 3.82. The van der Waals surface area contributed by atoms with E-state index in [2.05, 4.69) is 0 Å². The monoisotopic (exact) mass is 247 g/mol. The molecule has 94 valence electrons. The predicted octanol–water partition coefficient (Wildman–Crippen LogP) is -0.0957. The minimum Gasteiger partial charge on any atom is -0.304 e. The van der Waals surface area contributed by atoms with Crippen molar-refractivity contribution in [2.45, 2.75) is 13.3 Å². The number of anilines is 1. The number of hydrazine groups is 1. The minimum atomic E-state index is -0.593. The van der Waals surface area contributed by atoms with Crippen molar-refractivity contribution in [3.8, 4) is 0 Å². The van der Waals surface area contributed by atoms with Gasteiger partial charge in [-0.15, -0.1) is 0 Å². The fourth-order valence-corrected chi connectivity index (χ4v) is 2.04. The van der Waals surface area contributed by atoms with E-state index < -0.39 is 11.7 Å². The van der Waals surface area contributed by atoms with Crippen LogP contribution in [0, 0.1) is 6.92 Å². The Balaban J connectivity index is 2.31. The summed E-state index contributed by atoms with van der Waals surface area (Å²) in [6, 6.07) is 5.17. The minimum absolute atomic E-state index is 0.0588. The Hall–Kier alpha value is -2.21. The number of hydrogen-bond donors (Lipinski definition) is 2. The number of nitrogens with two attached hydrogens (primary N) is 1. The van der Waals surface area contributed by atoms with E-state index in [1.807, 2.05) is 18.4 Å². The summed E-state index contributed by atoms with van der Waals surface area (Å²) in [5, 5.41) is 0. The molecule has 0 aliphatic carbocycles. The van der Waals surface area contributed by atoms with Crippen molar-refractivity contribution in [3.63, 3.8) is 0 Å². The third-order valence-corrected chi connectivity index (χ3v) is 2.92. The van der Waals surface area contributed by atoms with Crippen LogP contribution in [0.15, 0.2) is 18.2 Å². The smallest absolute Gasteiger partial charge is 0.299 e. The predicted molar refractivity (Wildman–Crippen MR) is 64.8 cm³/mol. The van der Waals surface area contributed by atoms with Gasteiger partial charge in [0, 0.05) is 13.0 Å². The molecule has 18 heavy (non-hydrogen) atoms. The summed E-state index contributed by atoms with van der Waals surface area (Å²) in [7, 11) is 0. The van der Waals surface area contributed by atoms with Crippen molar-refractivity contribution in [1.29, 1.82) is 0 Å². The largest absolute Gasteiger partial charge is 0.304 e. The molecule has 1 aliphatic heterocycles. The number of fused-ring (bicyclic) bond motifs is 1.